The zero-order chi connectivity index (χ0) is 27.0. The van der Waals surface area contributed by atoms with Crippen LogP contribution in [0, 0.1) is 0 Å². The van der Waals surface area contributed by atoms with Gasteiger partial charge in [-0.3, -0.25) is 9.59 Å². The summed E-state index contributed by atoms with van der Waals surface area (Å²) in [6.07, 6.45) is -7.95. The summed E-state index contributed by atoms with van der Waals surface area (Å²) in [5.41, 5.74) is -1.92. The van der Waals surface area contributed by atoms with Crippen LogP contribution in [0.5, 0.6) is 0 Å². The first kappa shape index (κ1) is 26.4. The van der Waals surface area contributed by atoms with E-state index in [-0.39, 0.29) is 36.0 Å². The molecule has 4 rings (SSSR count). The number of anilines is 2. The Balaban J connectivity index is 1.33. The van der Waals surface area contributed by atoms with Gasteiger partial charge in [0, 0.05) is 29.0 Å². The summed E-state index contributed by atoms with van der Waals surface area (Å²) in [5, 5.41) is 11.1. The van der Waals surface area contributed by atoms with Crippen molar-refractivity contribution in [1.82, 2.24) is 10.3 Å². The Morgan fingerprint density at radius 3 is 1.95 bits per heavy atom. The predicted octanol–water partition coefficient (Wildman–Crippen LogP) is 5.38. The van der Waals surface area contributed by atoms with Crippen LogP contribution in [0.25, 0.3) is 0 Å². The Labute approximate surface area is 207 Å². The Bertz CT molecular complexity index is 1170. The van der Waals surface area contributed by atoms with Crippen molar-refractivity contribution in [1.29, 1.82) is 0 Å². The van der Waals surface area contributed by atoms with Gasteiger partial charge in [0.15, 0.2) is 0 Å². The zero-order valence-electron chi connectivity index (χ0n) is 19.6. The quantitative estimate of drug-likeness (QED) is 0.511. The molecule has 0 bridgehead atoms. The third-order valence-corrected chi connectivity index (χ3v) is 6.13. The van der Waals surface area contributed by atoms with E-state index in [1.807, 2.05) is 0 Å². The number of amides is 2. The molecule has 0 spiro atoms. The number of rotatable bonds is 5. The van der Waals surface area contributed by atoms with Crippen LogP contribution >= 0.6 is 0 Å². The summed E-state index contributed by atoms with van der Waals surface area (Å²) < 4.78 is 78.2. The molecule has 2 N–H and O–H groups in total. The molecule has 0 radical (unpaired) electrons. The number of carbonyl (C=O) groups is 2. The third kappa shape index (κ3) is 6.38. The fourth-order valence-corrected chi connectivity index (χ4v) is 4.30. The topological polar surface area (TPSA) is 86.7 Å². The number of nitrogens with zero attached hydrogens (tertiary/aromatic N) is 3. The van der Waals surface area contributed by atoms with Crippen LogP contribution in [0.4, 0.5) is 37.7 Å². The molecule has 198 valence electrons. The Kier molecular flexibility index (Phi) is 7.16. The highest BCUT2D eigenvalue weighted by Gasteiger charge is 2.39. The molecule has 1 saturated carbocycles. The lowest BCUT2D eigenvalue weighted by atomic mass is 9.90. The minimum Gasteiger partial charge on any atom is -0.382 e. The van der Waals surface area contributed by atoms with Crippen molar-refractivity contribution < 1.29 is 35.9 Å². The molecule has 1 fully saturated rings. The maximum Gasteiger partial charge on any atom is 0.433 e. The first-order valence-corrected chi connectivity index (χ1v) is 11.5. The normalized spacial score (nSPS) is 20.6. The van der Waals surface area contributed by atoms with Crippen molar-refractivity contribution in [2.24, 2.45) is 5.10 Å². The van der Waals surface area contributed by atoms with Gasteiger partial charge < -0.3 is 10.6 Å². The van der Waals surface area contributed by atoms with E-state index < -0.39 is 23.7 Å². The van der Waals surface area contributed by atoms with Crippen molar-refractivity contribution in [2.75, 3.05) is 10.3 Å². The summed E-state index contributed by atoms with van der Waals surface area (Å²) in [6, 6.07) is 6.96. The van der Waals surface area contributed by atoms with E-state index in [1.165, 1.54) is 5.01 Å². The second kappa shape index (κ2) is 10.0. The molecule has 1 aromatic heterocycles. The van der Waals surface area contributed by atoms with Crippen molar-refractivity contribution in [3.8, 4) is 0 Å². The molecule has 2 aliphatic rings. The molecule has 0 atom stereocenters. The van der Waals surface area contributed by atoms with Crippen LogP contribution in [-0.4, -0.2) is 34.6 Å². The monoisotopic (exact) mass is 527 g/mol. The average molecular weight is 527 g/mol. The standard InChI is InChI=1S/C24H23F6N5O2/c1-13-10-21(36)35(34-13)18-8-2-14(3-9-18)22(37)32-16-6-4-15(5-7-16)31-17-11-19(23(25,26)27)33-20(12-17)24(28,29)30/h2-3,8-9,11-12,15-16H,4-7,10H2,1H3,(H,31,33)(H,32,37)/t15-,16+. The van der Waals surface area contributed by atoms with Gasteiger partial charge in [0.1, 0.15) is 11.4 Å². The summed E-state index contributed by atoms with van der Waals surface area (Å²) in [7, 11) is 0. The lowest BCUT2D eigenvalue weighted by Gasteiger charge is -2.30. The number of hydrogen-bond acceptors (Lipinski definition) is 5. The molecule has 13 heteroatoms. The number of carbonyl (C=O) groups excluding carboxylic acids is 2. The van der Waals surface area contributed by atoms with Gasteiger partial charge in [-0.25, -0.2) is 9.99 Å². The van der Waals surface area contributed by atoms with Crippen LogP contribution in [0.2, 0.25) is 0 Å². The van der Waals surface area contributed by atoms with E-state index >= 15 is 0 Å². The minimum absolute atomic E-state index is 0.156. The summed E-state index contributed by atoms with van der Waals surface area (Å²) in [4.78, 5) is 27.3. The number of pyridine rings is 1. The van der Waals surface area contributed by atoms with Crippen LogP contribution in [-0.2, 0) is 17.1 Å². The van der Waals surface area contributed by atoms with Crippen molar-refractivity contribution in [3.05, 3.63) is 53.3 Å². The van der Waals surface area contributed by atoms with E-state index in [1.54, 1.807) is 31.2 Å². The number of hydrazone groups is 1. The lowest BCUT2D eigenvalue weighted by molar-refractivity contribution is -0.150. The van der Waals surface area contributed by atoms with Gasteiger partial charge in [-0.05, 0) is 69.0 Å². The summed E-state index contributed by atoms with van der Waals surface area (Å²) >= 11 is 0. The SMILES string of the molecule is CC1=NN(c2ccc(C(=O)N[C@H]3CC[C@@H](Nc4cc(C(F)(F)F)nc(C(F)(F)F)c4)CC3)cc2)C(=O)C1. The highest BCUT2D eigenvalue weighted by molar-refractivity contribution is 6.12. The predicted molar refractivity (Wildman–Crippen MR) is 123 cm³/mol. The molecule has 0 saturated heterocycles. The van der Waals surface area contributed by atoms with Crippen molar-refractivity contribution in [3.63, 3.8) is 0 Å². The van der Waals surface area contributed by atoms with E-state index in [0.717, 1.165) is 0 Å². The largest absolute Gasteiger partial charge is 0.433 e. The van der Waals surface area contributed by atoms with Gasteiger partial charge in [0.25, 0.3) is 11.8 Å². The number of benzene rings is 1. The van der Waals surface area contributed by atoms with E-state index in [0.29, 0.717) is 54.8 Å². The number of nitrogens with one attached hydrogen (secondary N) is 2. The number of alkyl halides is 6. The van der Waals surface area contributed by atoms with Gasteiger partial charge in [0.2, 0.25) is 0 Å². The van der Waals surface area contributed by atoms with Gasteiger partial charge in [0.05, 0.1) is 12.1 Å². The molecule has 1 aliphatic heterocycles. The number of hydrogen-bond donors (Lipinski definition) is 2. The second-order valence-electron chi connectivity index (χ2n) is 9.05. The molecule has 2 aromatic rings. The maximum absolute atomic E-state index is 13.0. The fraction of sp³-hybridized carbons (Fsp3) is 0.417. The summed E-state index contributed by atoms with van der Waals surface area (Å²) in [5.74, 6) is -0.481. The maximum atomic E-state index is 13.0. The molecule has 2 heterocycles. The molecule has 1 aliphatic carbocycles. The van der Waals surface area contributed by atoms with Crippen molar-refractivity contribution >= 4 is 28.9 Å². The molecular weight excluding hydrogens is 504 g/mol. The van der Waals surface area contributed by atoms with Gasteiger partial charge in [-0.15, -0.1) is 0 Å². The zero-order valence-corrected chi connectivity index (χ0v) is 19.6. The number of halogens is 6. The smallest absolute Gasteiger partial charge is 0.382 e. The van der Waals surface area contributed by atoms with Crippen LogP contribution in [0.3, 0.4) is 0 Å². The molecule has 1 aromatic carbocycles. The fourth-order valence-electron chi connectivity index (χ4n) is 4.30. The van der Waals surface area contributed by atoms with E-state index in [4.69, 9.17) is 0 Å². The van der Waals surface area contributed by atoms with E-state index in [9.17, 15) is 35.9 Å². The Hall–Kier alpha value is -3.64. The molecular formula is C24H23F6N5O2. The second-order valence-corrected chi connectivity index (χ2v) is 9.05. The van der Waals surface area contributed by atoms with Crippen LogP contribution in [0.15, 0.2) is 41.5 Å². The highest BCUT2D eigenvalue weighted by Crippen LogP contribution is 2.35. The summed E-state index contributed by atoms with van der Waals surface area (Å²) in [6.45, 7) is 1.75. The van der Waals surface area contributed by atoms with Gasteiger partial charge >= 0.3 is 12.4 Å². The van der Waals surface area contributed by atoms with Gasteiger partial charge in [-0.2, -0.15) is 31.4 Å². The van der Waals surface area contributed by atoms with E-state index in [2.05, 4.69) is 20.7 Å². The first-order valence-electron chi connectivity index (χ1n) is 11.5. The third-order valence-electron chi connectivity index (χ3n) is 6.13. The number of aromatic nitrogens is 1. The average Bonchev–Trinajstić information content (AvgIpc) is 3.17. The molecule has 2 amide bonds. The minimum atomic E-state index is -5.02. The van der Waals surface area contributed by atoms with Crippen LogP contribution in [0.1, 0.15) is 60.8 Å². The Morgan fingerprint density at radius 2 is 1.46 bits per heavy atom. The first-order chi connectivity index (χ1) is 17.3. The van der Waals surface area contributed by atoms with Crippen LogP contribution < -0.4 is 15.6 Å². The Morgan fingerprint density at radius 1 is 0.919 bits per heavy atom. The molecule has 7 nitrogen and oxygen atoms in total. The molecule has 0 unspecified atom stereocenters. The van der Waals surface area contributed by atoms with Gasteiger partial charge in [-0.1, -0.05) is 0 Å². The highest BCUT2D eigenvalue weighted by atomic mass is 19.4. The van der Waals surface area contributed by atoms with Crippen molar-refractivity contribution in [2.45, 2.75) is 63.5 Å². The lowest BCUT2D eigenvalue weighted by Crippen LogP contribution is -2.40. The molecule has 37 heavy (non-hydrogen) atoms.